The van der Waals surface area contributed by atoms with Crippen molar-refractivity contribution in [2.24, 2.45) is 5.73 Å². The van der Waals surface area contributed by atoms with Gasteiger partial charge in [0.15, 0.2) is 0 Å². The Morgan fingerprint density at radius 3 is 2.52 bits per heavy atom. The summed E-state index contributed by atoms with van der Waals surface area (Å²) in [6.45, 7) is 1.90. The predicted octanol–water partition coefficient (Wildman–Crippen LogP) is 1.31. The summed E-state index contributed by atoms with van der Waals surface area (Å²) in [5.74, 6) is -0.653. The fraction of sp³-hybridized carbons (Fsp3) is 0.923. The Hall–Kier alpha value is -0.860. The van der Waals surface area contributed by atoms with Crippen LogP contribution in [0.25, 0.3) is 0 Å². The Labute approximate surface area is 122 Å². The summed E-state index contributed by atoms with van der Waals surface area (Å²) >= 11 is 0. The molecule has 1 amide bonds. The topological polar surface area (TPSA) is 64.8 Å². The van der Waals surface area contributed by atoms with Crippen LogP contribution in [0.15, 0.2) is 0 Å². The number of ether oxygens (including phenoxy) is 2. The van der Waals surface area contributed by atoms with Crippen LogP contribution in [-0.2, 0) is 14.3 Å². The summed E-state index contributed by atoms with van der Waals surface area (Å²) in [5.41, 5.74) is 4.73. The monoisotopic (exact) mass is 312 g/mol. The molecule has 1 heterocycles. The molecule has 1 aliphatic heterocycles. The van der Waals surface area contributed by atoms with E-state index in [1.165, 1.54) is 0 Å². The van der Waals surface area contributed by atoms with Crippen LogP contribution in [0.3, 0.4) is 0 Å². The number of carbonyl (C=O) groups is 1. The minimum atomic E-state index is -4.44. The van der Waals surface area contributed by atoms with Gasteiger partial charge in [0, 0.05) is 33.0 Å². The summed E-state index contributed by atoms with van der Waals surface area (Å²) < 4.78 is 48.1. The number of nitrogens with zero attached hydrogens (tertiary/aromatic N) is 1. The molecular formula is C13H23F3N2O3. The van der Waals surface area contributed by atoms with Gasteiger partial charge in [-0.1, -0.05) is 0 Å². The SMILES string of the molecule is CCOCCCN(CC(F)(F)F)C(=O)C1(N)CCOCC1. The molecular weight excluding hydrogens is 289 g/mol. The van der Waals surface area contributed by atoms with E-state index in [2.05, 4.69) is 0 Å². The van der Waals surface area contributed by atoms with Gasteiger partial charge in [-0.2, -0.15) is 13.2 Å². The second-order valence-electron chi connectivity index (χ2n) is 5.16. The van der Waals surface area contributed by atoms with Gasteiger partial charge < -0.3 is 20.1 Å². The van der Waals surface area contributed by atoms with Gasteiger partial charge >= 0.3 is 6.18 Å². The summed E-state index contributed by atoms with van der Waals surface area (Å²) in [6, 6.07) is 0. The molecule has 1 saturated heterocycles. The van der Waals surface area contributed by atoms with Gasteiger partial charge in [0.2, 0.25) is 5.91 Å². The van der Waals surface area contributed by atoms with Crippen molar-refractivity contribution >= 4 is 5.91 Å². The Kier molecular flexibility index (Phi) is 6.89. The quantitative estimate of drug-likeness (QED) is 0.720. The first-order valence-electron chi connectivity index (χ1n) is 7.09. The molecule has 1 aliphatic rings. The zero-order valence-electron chi connectivity index (χ0n) is 12.2. The Morgan fingerprint density at radius 1 is 1.38 bits per heavy atom. The summed E-state index contributed by atoms with van der Waals surface area (Å²) in [7, 11) is 0. The average Bonchev–Trinajstić information content (AvgIpc) is 2.41. The lowest BCUT2D eigenvalue weighted by atomic mass is 9.89. The Bertz CT molecular complexity index is 331. The lowest BCUT2D eigenvalue weighted by Gasteiger charge is -2.37. The van der Waals surface area contributed by atoms with Crippen molar-refractivity contribution in [1.82, 2.24) is 4.90 Å². The second-order valence-corrected chi connectivity index (χ2v) is 5.16. The van der Waals surface area contributed by atoms with Crippen LogP contribution in [0.4, 0.5) is 13.2 Å². The minimum Gasteiger partial charge on any atom is -0.382 e. The molecule has 8 heteroatoms. The Balaban J connectivity index is 2.66. The van der Waals surface area contributed by atoms with Crippen LogP contribution >= 0.6 is 0 Å². The predicted molar refractivity (Wildman–Crippen MR) is 70.7 cm³/mol. The zero-order chi connectivity index (χ0) is 15.9. The molecule has 2 N–H and O–H groups in total. The highest BCUT2D eigenvalue weighted by Crippen LogP contribution is 2.24. The largest absolute Gasteiger partial charge is 0.406 e. The highest BCUT2D eigenvalue weighted by molar-refractivity contribution is 5.86. The number of hydrogen-bond donors (Lipinski definition) is 1. The molecule has 0 radical (unpaired) electrons. The third kappa shape index (κ3) is 6.19. The van der Waals surface area contributed by atoms with E-state index in [-0.39, 0.29) is 19.4 Å². The van der Waals surface area contributed by atoms with Crippen LogP contribution in [0, 0.1) is 0 Å². The third-order valence-electron chi connectivity index (χ3n) is 3.39. The van der Waals surface area contributed by atoms with Crippen LogP contribution in [0.2, 0.25) is 0 Å². The number of alkyl halides is 3. The standard InChI is InChI=1S/C13H23F3N2O3/c1-2-20-7-3-6-18(10-13(14,15)16)11(19)12(17)4-8-21-9-5-12/h2-10,17H2,1H3. The summed E-state index contributed by atoms with van der Waals surface area (Å²) in [6.07, 6.45) is -3.61. The maximum Gasteiger partial charge on any atom is 0.406 e. The number of nitrogens with two attached hydrogens (primary N) is 1. The number of carbonyl (C=O) groups excluding carboxylic acids is 1. The molecule has 0 spiro atoms. The molecule has 0 aromatic carbocycles. The third-order valence-corrected chi connectivity index (χ3v) is 3.39. The number of rotatable bonds is 7. The molecule has 0 aromatic rings. The van der Waals surface area contributed by atoms with Crippen LogP contribution in [0.5, 0.6) is 0 Å². The van der Waals surface area contributed by atoms with Crippen molar-refractivity contribution in [3.63, 3.8) is 0 Å². The number of halogens is 3. The van der Waals surface area contributed by atoms with Crippen molar-refractivity contribution in [2.75, 3.05) is 39.5 Å². The first-order valence-corrected chi connectivity index (χ1v) is 7.09. The van der Waals surface area contributed by atoms with Gasteiger partial charge in [-0.25, -0.2) is 0 Å². The van der Waals surface area contributed by atoms with Gasteiger partial charge in [-0.15, -0.1) is 0 Å². The van der Waals surface area contributed by atoms with Crippen molar-refractivity contribution < 1.29 is 27.4 Å². The normalized spacial score (nSPS) is 18.5. The minimum absolute atomic E-state index is 0.0157. The molecule has 1 fully saturated rings. The Morgan fingerprint density at radius 2 is 2.00 bits per heavy atom. The van der Waals surface area contributed by atoms with Crippen LogP contribution in [0.1, 0.15) is 26.2 Å². The number of amides is 1. The molecule has 0 atom stereocenters. The maximum atomic E-state index is 12.6. The van der Waals surface area contributed by atoms with Crippen LogP contribution in [-0.4, -0.2) is 62.0 Å². The average molecular weight is 312 g/mol. The lowest BCUT2D eigenvalue weighted by molar-refractivity contribution is -0.167. The first-order chi connectivity index (χ1) is 9.78. The van der Waals surface area contributed by atoms with Crippen molar-refractivity contribution in [3.8, 4) is 0 Å². The van der Waals surface area contributed by atoms with Crippen molar-refractivity contribution in [3.05, 3.63) is 0 Å². The molecule has 0 aromatic heterocycles. The van der Waals surface area contributed by atoms with E-state index in [1.54, 1.807) is 6.92 Å². The van der Waals surface area contributed by atoms with Crippen molar-refractivity contribution in [1.29, 1.82) is 0 Å². The summed E-state index contributed by atoms with van der Waals surface area (Å²) in [5, 5.41) is 0. The molecule has 0 unspecified atom stereocenters. The van der Waals surface area contributed by atoms with Gasteiger partial charge in [-0.05, 0) is 26.2 Å². The van der Waals surface area contributed by atoms with E-state index >= 15 is 0 Å². The van der Waals surface area contributed by atoms with E-state index in [4.69, 9.17) is 15.2 Å². The highest BCUT2D eigenvalue weighted by Gasteiger charge is 2.42. The van der Waals surface area contributed by atoms with Crippen LogP contribution < -0.4 is 5.73 Å². The smallest absolute Gasteiger partial charge is 0.382 e. The van der Waals surface area contributed by atoms with E-state index in [1.807, 2.05) is 0 Å². The second kappa shape index (κ2) is 7.95. The zero-order valence-corrected chi connectivity index (χ0v) is 12.2. The van der Waals surface area contributed by atoms with E-state index in [0.29, 0.717) is 32.8 Å². The molecule has 21 heavy (non-hydrogen) atoms. The number of hydrogen-bond acceptors (Lipinski definition) is 4. The fourth-order valence-corrected chi connectivity index (χ4v) is 2.24. The first kappa shape index (κ1) is 18.2. The lowest BCUT2D eigenvalue weighted by Crippen LogP contribution is -2.59. The molecule has 0 bridgehead atoms. The fourth-order valence-electron chi connectivity index (χ4n) is 2.24. The molecule has 0 saturated carbocycles. The summed E-state index contributed by atoms with van der Waals surface area (Å²) in [4.78, 5) is 13.2. The van der Waals surface area contributed by atoms with E-state index in [9.17, 15) is 18.0 Å². The van der Waals surface area contributed by atoms with E-state index in [0.717, 1.165) is 4.90 Å². The van der Waals surface area contributed by atoms with Gasteiger partial charge in [0.25, 0.3) is 0 Å². The molecule has 0 aliphatic carbocycles. The van der Waals surface area contributed by atoms with E-state index < -0.39 is 24.2 Å². The molecule has 124 valence electrons. The van der Waals surface area contributed by atoms with Gasteiger partial charge in [0.1, 0.15) is 6.54 Å². The molecule has 1 rings (SSSR count). The van der Waals surface area contributed by atoms with Crippen molar-refractivity contribution in [2.45, 2.75) is 37.9 Å². The highest BCUT2D eigenvalue weighted by atomic mass is 19.4. The van der Waals surface area contributed by atoms with Gasteiger partial charge in [-0.3, -0.25) is 4.79 Å². The maximum absolute atomic E-state index is 12.6. The van der Waals surface area contributed by atoms with Gasteiger partial charge in [0.05, 0.1) is 5.54 Å². The molecule has 5 nitrogen and oxygen atoms in total.